The van der Waals surface area contributed by atoms with Crippen LogP contribution in [-0.4, -0.2) is 24.2 Å². The number of ether oxygens (including phenoxy) is 1. The molecule has 134 valence electrons. The molecule has 0 saturated carbocycles. The molecule has 2 atom stereocenters. The average molecular weight is 513 g/mol. The number of carbonyl (C=O) groups is 2. The largest absolute Gasteiger partial charge is 0.480 e. The fourth-order valence-corrected chi connectivity index (χ4v) is 3.46. The molecule has 0 spiro atoms. The molecule has 0 aliphatic rings. The quantitative estimate of drug-likeness (QED) is 0.415. The number of hydrogen-bond donors (Lipinski definition) is 1. The van der Waals surface area contributed by atoms with Gasteiger partial charge in [-0.05, 0) is 23.3 Å². The molecule has 0 fully saturated rings. The Morgan fingerprint density at radius 1 is 0.920 bits per heavy atom. The Morgan fingerprint density at radius 3 is 1.68 bits per heavy atom. The summed E-state index contributed by atoms with van der Waals surface area (Å²) in [7, 11) is 1.34. The van der Waals surface area contributed by atoms with Gasteiger partial charge in [0.2, 0.25) is 0 Å². The maximum absolute atomic E-state index is 11.1. The number of halogens is 4. The van der Waals surface area contributed by atoms with Crippen LogP contribution in [0, 0.1) is 0 Å². The summed E-state index contributed by atoms with van der Waals surface area (Å²) in [6, 6.07) is 14.0. The molecule has 0 aromatic heterocycles. The number of carboxylic acids is 1. The van der Waals surface area contributed by atoms with E-state index in [1.54, 1.807) is 36.4 Å². The van der Waals surface area contributed by atoms with Gasteiger partial charge >= 0.3 is 11.9 Å². The van der Waals surface area contributed by atoms with E-state index < -0.39 is 15.6 Å². The van der Waals surface area contributed by atoms with Crippen molar-refractivity contribution in [2.45, 2.75) is 9.65 Å². The second-order valence-electron chi connectivity index (χ2n) is 4.63. The monoisotopic (exact) mass is 510 g/mol. The maximum atomic E-state index is 11.1. The van der Waals surface area contributed by atoms with Gasteiger partial charge in [-0.25, -0.2) is 0 Å². The average Bonchev–Trinajstić information content (AvgIpc) is 2.61. The molecule has 0 aliphatic carbocycles. The van der Waals surface area contributed by atoms with Crippen molar-refractivity contribution in [3.63, 3.8) is 0 Å². The van der Waals surface area contributed by atoms with Crippen molar-refractivity contribution >= 4 is 67.0 Å². The predicted molar refractivity (Wildman–Crippen MR) is 106 cm³/mol. The summed E-state index contributed by atoms with van der Waals surface area (Å²) in [4.78, 5) is 20.5. The minimum absolute atomic E-state index is 0.354. The van der Waals surface area contributed by atoms with E-state index in [1.165, 1.54) is 7.11 Å². The highest BCUT2D eigenvalue weighted by Crippen LogP contribution is 2.30. The maximum Gasteiger partial charge on any atom is 0.324 e. The number of hydrogen-bond acceptors (Lipinski definition) is 3. The van der Waals surface area contributed by atoms with Gasteiger partial charge in [-0.15, -0.1) is 0 Å². The molecule has 2 unspecified atom stereocenters. The third-order valence-corrected chi connectivity index (χ3v) is 5.42. The third-order valence-electron chi connectivity index (χ3n) is 2.98. The van der Waals surface area contributed by atoms with Gasteiger partial charge in [0.15, 0.2) is 0 Å². The Morgan fingerprint density at radius 2 is 1.32 bits per heavy atom. The summed E-state index contributed by atoms with van der Waals surface area (Å²) >= 11 is 17.9. The lowest BCUT2D eigenvalue weighted by atomic mass is 10.1. The number of carbonyl (C=O) groups excluding carboxylic acids is 1. The molecule has 0 radical (unpaired) electrons. The highest BCUT2D eigenvalue weighted by atomic mass is 79.9. The van der Waals surface area contributed by atoms with Crippen LogP contribution in [0.4, 0.5) is 0 Å². The molecule has 8 heteroatoms. The lowest BCUT2D eigenvalue weighted by Crippen LogP contribution is -2.08. The summed E-state index contributed by atoms with van der Waals surface area (Å²) < 4.78 is 4.58. The van der Waals surface area contributed by atoms with Gasteiger partial charge in [0.05, 0.1) is 7.11 Å². The van der Waals surface area contributed by atoms with Crippen molar-refractivity contribution in [3.05, 3.63) is 69.7 Å². The minimum Gasteiger partial charge on any atom is -0.480 e. The van der Waals surface area contributed by atoms with Gasteiger partial charge in [-0.3, -0.25) is 9.59 Å². The van der Waals surface area contributed by atoms with Crippen molar-refractivity contribution in [3.8, 4) is 0 Å². The number of benzene rings is 2. The highest BCUT2D eigenvalue weighted by Gasteiger charge is 2.19. The van der Waals surface area contributed by atoms with Crippen LogP contribution < -0.4 is 0 Å². The molecule has 2 aromatic carbocycles. The highest BCUT2D eigenvalue weighted by molar-refractivity contribution is 9.09. The number of aliphatic carboxylic acids is 1. The second-order valence-corrected chi connectivity index (χ2v) is 7.28. The fraction of sp³-hybridized carbons (Fsp3) is 0.176. The topological polar surface area (TPSA) is 63.6 Å². The summed E-state index contributed by atoms with van der Waals surface area (Å²) in [5, 5.41) is 9.67. The first-order valence-corrected chi connectivity index (χ1v) is 9.46. The number of methoxy groups -OCH3 is 1. The van der Waals surface area contributed by atoms with E-state index in [0.717, 1.165) is 5.56 Å². The summed E-state index contributed by atoms with van der Waals surface area (Å²) in [5.74, 6) is -1.30. The predicted octanol–water partition coefficient (Wildman–Crippen LogP) is 5.81. The second kappa shape index (κ2) is 10.8. The Balaban J connectivity index is 0.000000251. The molecule has 4 nitrogen and oxygen atoms in total. The van der Waals surface area contributed by atoms with Crippen LogP contribution in [-0.2, 0) is 14.3 Å². The minimum atomic E-state index is -0.942. The Labute approximate surface area is 172 Å². The van der Waals surface area contributed by atoms with Crippen LogP contribution in [0.15, 0.2) is 48.5 Å². The van der Waals surface area contributed by atoms with E-state index in [1.807, 2.05) is 12.1 Å². The van der Waals surface area contributed by atoms with Crippen LogP contribution in [0.25, 0.3) is 0 Å². The number of alkyl halides is 2. The molecule has 2 aromatic rings. The molecule has 25 heavy (non-hydrogen) atoms. The van der Waals surface area contributed by atoms with Crippen LogP contribution in [0.3, 0.4) is 0 Å². The molecule has 0 aliphatic heterocycles. The van der Waals surface area contributed by atoms with Crippen LogP contribution in [0.5, 0.6) is 0 Å². The van der Waals surface area contributed by atoms with Gasteiger partial charge in [-0.2, -0.15) is 0 Å². The van der Waals surface area contributed by atoms with Crippen molar-refractivity contribution in [2.24, 2.45) is 0 Å². The van der Waals surface area contributed by atoms with Gasteiger partial charge in [0, 0.05) is 10.0 Å². The van der Waals surface area contributed by atoms with Crippen molar-refractivity contribution in [2.75, 3.05) is 7.11 Å². The van der Waals surface area contributed by atoms with Gasteiger partial charge in [0.25, 0.3) is 0 Å². The van der Waals surface area contributed by atoms with Crippen molar-refractivity contribution in [1.29, 1.82) is 0 Å². The van der Waals surface area contributed by atoms with Gasteiger partial charge in [0.1, 0.15) is 9.65 Å². The standard InChI is InChI=1S/C9H8BrClO2.C8H6BrClO2/c1-13-9(12)8(10)6-4-2-3-5-7(6)11;9-7(8(11)12)5-3-1-2-4-6(5)10/h2-5,8H,1H3;1-4,7H,(H,11,12). The number of carboxylic acid groups (broad SMARTS) is 1. The van der Waals surface area contributed by atoms with Crippen LogP contribution >= 0.6 is 55.1 Å². The summed E-state index contributed by atoms with van der Waals surface area (Å²) in [5.41, 5.74) is 1.29. The van der Waals surface area contributed by atoms with Crippen molar-refractivity contribution < 1.29 is 19.4 Å². The Hall–Kier alpha value is -1.08. The Bertz CT molecular complexity index is 740. The third kappa shape index (κ3) is 6.62. The zero-order valence-electron chi connectivity index (χ0n) is 13.0. The number of esters is 1. The van der Waals surface area contributed by atoms with Crippen LogP contribution in [0.2, 0.25) is 10.0 Å². The lowest BCUT2D eigenvalue weighted by molar-refractivity contribution is -0.140. The van der Waals surface area contributed by atoms with E-state index in [9.17, 15) is 9.59 Å². The van der Waals surface area contributed by atoms with Crippen LogP contribution in [0.1, 0.15) is 20.8 Å². The zero-order chi connectivity index (χ0) is 19.0. The SMILES string of the molecule is COC(=O)C(Br)c1ccccc1Cl.O=C(O)C(Br)c1ccccc1Cl. The van der Waals surface area contributed by atoms with E-state index >= 15 is 0 Å². The first-order valence-electron chi connectivity index (χ1n) is 6.87. The normalized spacial score (nSPS) is 12.4. The van der Waals surface area contributed by atoms with E-state index in [4.69, 9.17) is 28.3 Å². The zero-order valence-corrected chi connectivity index (χ0v) is 17.6. The molecule has 0 saturated heterocycles. The summed E-state index contributed by atoms with van der Waals surface area (Å²) in [6.07, 6.45) is 0. The first-order chi connectivity index (χ1) is 11.8. The van der Waals surface area contributed by atoms with Gasteiger partial charge in [-0.1, -0.05) is 91.5 Å². The Kier molecular flexibility index (Phi) is 9.50. The number of rotatable bonds is 4. The molecule has 0 amide bonds. The molecule has 1 N–H and O–H groups in total. The molecule has 0 bridgehead atoms. The molecular formula is C17H14Br2Cl2O4. The lowest BCUT2D eigenvalue weighted by Gasteiger charge is -2.08. The smallest absolute Gasteiger partial charge is 0.324 e. The summed E-state index contributed by atoms with van der Waals surface area (Å²) in [6.45, 7) is 0. The molecular weight excluding hydrogens is 499 g/mol. The molecule has 2 rings (SSSR count). The van der Waals surface area contributed by atoms with E-state index in [-0.39, 0.29) is 5.97 Å². The molecule has 0 heterocycles. The first kappa shape index (κ1) is 22.0. The van der Waals surface area contributed by atoms with Crippen molar-refractivity contribution in [1.82, 2.24) is 0 Å². The fourth-order valence-electron chi connectivity index (χ4n) is 1.72. The van der Waals surface area contributed by atoms with E-state index in [2.05, 4.69) is 36.6 Å². The van der Waals surface area contributed by atoms with Gasteiger partial charge < -0.3 is 9.84 Å². The van der Waals surface area contributed by atoms with E-state index in [0.29, 0.717) is 15.6 Å².